The van der Waals surface area contributed by atoms with E-state index >= 15 is 0 Å². The van der Waals surface area contributed by atoms with Crippen LogP contribution in [0.15, 0.2) is 23.3 Å². The van der Waals surface area contributed by atoms with E-state index in [-0.39, 0.29) is 11.7 Å². The van der Waals surface area contributed by atoms with Crippen LogP contribution < -0.4 is 10.6 Å². The molecule has 106 valence electrons. The predicted octanol–water partition coefficient (Wildman–Crippen LogP) is 0.689. The van der Waals surface area contributed by atoms with Crippen LogP contribution in [0.2, 0.25) is 0 Å². The molecule has 8 nitrogen and oxygen atoms in total. The van der Waals surface area contributed by atoms with Crippen molar-refractivity contribution in [2.75, 3.05) is 23.7 Å². The number of anilines is 2. The minimum absolute atomic E-state index is 0.0838. The Morgan fingerprint density at radius 1 is 1.40 bits per heavy atom. The van der Waals surface area contributed by atoms with Gasteiger partial charge in [-0.1, -0.05) is 9.89 Å². The van der Waals surface area contributed by atoms with E-state index in [1.807, 2.05) is 6.07 Å². The summed E-state index contributed by atoms with van der Waals surface area (Å²) in [6.07, 6.45) is 1.45. The lowest BCUT2D eigenvalue weighted by molar-refractivity contribution is 0.474. The summed E-state index contributed by atoms with van der Waals surface area (Å²) in [6, 6.07) is 5.42. The topological polar surface area (TPSA) is 105 Å². The summed E-state index contributed by atoms with van der Waals surface area (Å²) in [4.78, 5) is 3.22. The van der Waals surface area contributed by atoms with E-state index in [4.69, 9.17) is 5.73 Å². The van der Waals surface area contributed by atoms with Gasteiger partial charge in [-0.2, -0.15) is 5.10 Å². The number of phenols is 1. The summed E-state index contributed by atoms with van der Waals surface area (Å²) in [5, 5.41) is 24.4. The SMILES string of the molecule is CCN(CC)c1ccc(C=Nn2nnnc2N)c(O)c1. The number of benzene rings is 1. The van der Waals surface area contributed by atoms with E-state index in [2.05, 4.69) is 39.4 Å². The molecular formula is C12H17N7O. The number of hydrogen-bond donors (Lipinski definition) is 2. The highest BCUT2D eigenvalue weighted by molar-refractivity contribution is 5.84. The predicted molar refractivity (Wildman–Crippen MR) is 76.9 cm³/mol. The monoisotopic (exact) mass is 275 g/mol. The van der Waals surface area contributed by atoms with Gasteiger partial charge in [0.2, 0.25) is 0 Å². The smallest absolute Gasteiger partial charge is 0.263 e. The third kappa shape index (κ3) is 2.85. The van der Waals surface area contributed by atoms with Gasteiger partial charge in [0, 0.05) is 30.4 Å². The summed E-state index contributed by atoms with van der Waals surface area (Å²) in [5.74, 6) is 0.227. The van der Waals surface area contributed by atoms with Crippen LogP contribution in [0.25, 0.3) is 0 Å². The summed E-state index contributed by atoms with van der Waals surface area (Å²) in [5.41, 5.74) is 7.02. The zero-order chi connectivity index (χ0) is 14.5. The molecule has 1 aromatic carbocycles. The zero-order valence-corrected chi connectivity index (χ0v) is 11.4. The standard InChI is InChI=1S/C12H17N7O/c1-3-18(4-2)10-6-5-9(11(20)7-10)8-14-19-12(13)15-16-17-19/h5-8,20H,3-4H2,1-2H3,(H2,13,15,17). The number of aromatic hydroxyl groups is 1. The molecule has 2 rings (SSSR count). The third-order valence-corrected chi connectivity index (χ3v) is 2.93. The number of aromatic nitrogens is 4. The van der Waals surface area contributed by atoms with Gasteiger partial charge in [0.05, 0.1) is 6.21 Å². The van der Waals surface area contributed by atoms with E-state index in [9.17, 15) is 5.11 Å². The number of rotatable bonds is 5. The molecule has 0 atom stereocenters. The Morgan fingerprint density at radius 3 is 2.70 bits per heavy atom. The minimum Gasteiger partial charge on any atom is -0.507 e. The van der Waals surface area contributed by atoms with Crippen LogP contribution in [0.3, 0.4) is 0 Å². The largest absolute Gasteiger partial charge is 0.507 e. The van der Waals surface area contributed by atoms with Crippen molar-refractivity contribution in [2.24, 2.45) is 5.10 Å². The second-order valence-electron chi connectivity index (χ2n) is 4.09. The van der Waals surface area contributed by atoms with Crippen LogP contribution in [0.5, 0.6) is 5.75 Å². The molecule has 0 spiro atoms. The summed E-state index contributed by atoms with van der Waals surface area (Å²) < 4.78 is 0. The molecule has 0 aliphatic carbocycles. The van der Waals surface area contributed by atoms with Crippen LogP contribution >= 0.6 is 0 Å². The van der Waals surface area contributed by atoms with Gasteiger partial charge < -0.3 is 15.7 Å². The van der Waals surface area contributed by atoms with E-state index in [0.717, 1.165) is 23.6 Å². The first-order valence-electron chi connectivity index (χ1n) is 6.31. The van der Waals surface area contributed by atoms with Crippen LogP contribution in [-0.2, 0) is 0 Å². The van der Waals surface area contributed by atoms with E-state index in [1.54, 1.807) is 12.1 Å². The molecule has 0 amide bonds. The molecule has 0 bridgehead atoms. The average Bonchev–Trinajstić information content (AvgIpc) is 2.85. The molecule has 0 radical (unpaired) electrons. The van der Waals surface area contributed by atoms with Crippen LogP contribution in [0.4, 0.5) is 11.6 Å². The van der Waals surface area contributed by atoms with E-state index in [1.165, 1.54) is 6.21 Å². The highest BCUT2D eigenvalue weighted by atomic mass is 16.3. The van der Waals surface area contributed by atoms with Crippen LogP contribution in [0, 0.1) is 0 Å². The normalized spacial score (nSPS) is 11.1. The number of phenolic OH excluding ortho intramolecular Hbond substituents is 1. The lowest BCUT2D eigenvalue weighted by atomic mass is 10.2. The van der Waals surface area contributed by atoms with Crippen molar-refractivity contribution in [2.45, 2.75) is 13.8 Å². The van der Waals surface area contributed by atoms with Gasteiger partial charge >= 0.3 is 0 Å². The molecule has 0 aliphatic rings. The van der Waals surface area contributed by atoms with Crippen molar-refractivity contribution >= 4 is 17.9 Å². The molecule has 0 fully saturated rings. The Morgan fingerprint density at radius 2 is 2.15 bits per heavy atom. The van der Waals surface area contributed by atoms with Crippen molar-refractivity contribution < 1.29 is 5.11 Å². The molecule has 2 aromatic rings. The number of tetrazole rings is 1. The molecule has 8 heteroatoms. The first kappa shape index (κ1) is 13.8. The quantitative estimate of drug-likeness (QED) is 0.778. The van der Waals surface area contributed by atoms with Crippen molar-refractivity contribution in [3.8, 4) is 5.75 Å². The molecule has 1 aromatic heterocycles. The van der Waals surface area contributed by atoms with Crippen molar-refractivity contribution in [1.82, 2.24) is 20.3 Å². The molecule has 0 saturated carbocycles. The fourth-order valence-corrected chi connectivity index (χ4v) is 1.82. The minimum atomic E-state index is 0.0838. The van der Waals surface area contributed by atoms with E-state index < -0.39 is 0 Å². The van der Waals surface area contributed by atoms with Gasteiger partial charge in [-0.3, -0.25) is 0 Å². The van der Waals surface area contributed by atoms with Gasteiger partial charge in [0.25, 0.3) is 5.95 Å². The molecule has 3 N–H and O–H groups in total. The summed E-state index contributed by atoms with van der Waals surface area (Å²) in [7, 11) is 0. The number of nitrogen functional groups attached to an aromatic ring is 1. The summed E-state index contributed by atoms with van der Waals surface area (Å²) >= 11 is 0. The highest BCUT2D eigenvalue weighted by Crippen LogP contribution is 2.23. The van der Waals surface area contributed by atoms with Crippen LogP contribution in [0.1, 0.15) is 19.4 Å². The maximum Gasteiger partial charge on any atom is 0.263 e. The second kappa shape index (κ2) is 6.00. The van der Waals surface area contributed by atoms with Crippen molar-refractivity contribution in [1.29, 1.82) is 0 Å². The average molecular weight is 275 g/mol. The first-order chi connectivity index (χ1) is 9.65. The lowest BCUT2D eigenvalue weighted by Gasteiger charge is -2.21. The second-order valence-corrected chi connectivity index (χ2v) is 4.09. The maximum atomic E-state index is 10.0. The molecule has 0 aliphatic heterocycles. The Labute approximate surface area is 116 Å². The molecular weight excluding hydrogens is 258 g/mol. The van der Waals surface area contributed by atoms with Gasteiger partial charge in [-0.25, -0.2) is 0 Å². The van der Waals surface area contributed by atoms with Gasteiger partial charge in [-0.15, -0.1) is 0 Å². The number of nitrogens with zero attached hydrogens (tertiary/aromatic N) is 6. The fourth-order valence-electron chi connectivity index (χ4n) is 1.82. The van der Waals surface area contributed by atoms with Crippen LogP contribution in [-0.4, -0.2) is 44.7 Å². The van der Waals surface area contributed by atoms with Gasteiger partial charge in [0.1, 0.15) is 5.75 Å². The van der Waals surface area contributed by atoms with Crippen molar-refractivity contribution in [3.63, 3.8) is 0 Å². The number of nitrogens with two attached hydrogens (primary N) is 1. The summed E-state index contributed by atoms with van der Waals surface area (Å²) in [6.45, 7) is 5.89. The van der Waals surface area contributed by atoms with Crippen molar-refractivity contribution in [3.05, 3.63) is 23.8 Å². The molecule has 20 heavy (non-hydrogen) atoms. The first-order valence-corrected chi connectivity index (χ1v) is 6.31. The Balaban J connectivity index is 2.22. The Hall–Kier alpha value is -2.64. The lowest BCUT2D eigenvalue weighted by Crippen LogP contribution is -2.21. The maximum absolute atomic E-state index is 10.0. The fraction of sp³-hybridized carbons (Fsp3) is 0.333. The molecule has 0 unspecified atom stereocenters. The van der Waals surface area contributed by atoms with Gasteiger partial charge in [-0.05, 0) is 36.4 Å². The molecule has 1 heterocycles. The Bertz CT molecular complexity index is 604. The van der Waals surface area contributed by atoms with E-state index in [0.29, 0.717) is 5.56 Å². The highest BCUT2D eigenvalue weighted by Gasteiger charge is 2.06. The number of hydrogen-bond acceptors (Lipinski definition) is 7. The molecule has 0 saturated heterocycles. The Kier molecular flexibility index (Phi) is 4.14. The third-order valence-electron chi connectivity index (χ3n) is 2.93. The van der Waals surface area contributed by atoms with Gasteiger partial charge in [0.15, 0.2) is 0 Å². The zero-order valence-electron chi connectivity index (χ0n) is 11.4.